The molecule has 3 aromatic rings. The molecule has 2 heterocycles. The molecule has 28 heavy (non-hydrogen) atoms. The molecule has 0 atom stereocenters. The molecule has 1 aliphatic heterocycles. The first-order valence-corrected chi connectivity index (χ1v) is 9.92. The molecule has 4 rings (SSSR count). The van der Waals surface area contributed by atoms with Gasteiger partial charge in [-0.3, -0.25) is 14.4 Å². The Labute approximate surface area is 169 Å². The number of thiazole rings is 1. The molecule has 1 N–H and O–H groups in total. The van der Waals surface area contributed by atoms with Crippen LogP contribution in [0, 0.1) is 5.82 Å². The summed E-state index contributed by atoms with van der Waals surface area (Å²) in [5.74, 6) is -0.594. The standard InChI is InChI=1S/C21H16ClFN2O2S/c1-2-12-4-3-5-16-14(10-24-19(12)16)8-18-20(26)25(21(27)28-18)11-13-6-7-15(23)9-17(13)22/h3-10,26H,2,11H2,1H3/b14-8+. The van der Waals surface area contributed by atoms with Gasteiger partial charge in [0, 0.05) is 22.4 Å². The topological polar surface area (TPSA) is 54.6 Å². The average molecular weight is 415 g/mol. The summed E-state index contributed by atoms with van der Waals surface area (Å²) in [6.07, 6.45) is 4.38. The molecule has 2 aromatic carbocycles. The van der Waals surface area contributed by atoms with Crippen LogP contribution in [0.5, 0.6) is 5.88 Å². The summed E-state index contributed by atoms with van der Waals surface area (Å²) in [7, 11) is 0. The van der Waals surface area contributed by atoms with E-state index in [9.17, 15) is 14.3 Å². The Kier molecular flexibility index (Phi) is 4.91. The Bertz CT molecular complexity index is 1190. The second kappa shape index (κ2) is 7.37. The van der Waals surface area contributed by atoms with Crippen molar-refractivity contribution in [3.05, 3.63) is 78.5 Å². The van der Waals surface area contributed by atoms with Crippen LogP contribution in [0.3, 0.4) is 0 Å². The minimum Gasteiger partial charge on any atom is -0.493 e. The third-order valence-corrected chi connectivity index (χ3v) is 5.94. The molecule has 142 valence electrons. The number of rotatable bonds is 4. The van der Waals surface area contributed by atoms with Crippen molar-refractivity contribution in [2.75, 3.05) is 0 Å². The Hall–Kier alpha value is -2.70. The number of aryl methyl sites for hydroxylation is 1. The van der Waals surface area contributed by atoms with E-state index in [4.69, 9.17) is 11.6 Å². The van der Waals surface area contributed by atoms with Gasteiger partial charge in [0.05, 0.1) is 17.1 Å². The number of nitrogens with zero attached hydrogens (tertiary/aromatic N) is 2. The summed E-state index contributed by atoms with van der Waals surface area (Å²) in [5, 5.41) is 10.8. The number of hydrogen-bond donors (Lipinski definition) is 1. The summed E-state index contributed by atoms with van der Waals surface area (Å²) < 4.78 is 14.5. The van der Waals surface area contributed by atoms with E-state index in [1.807, 2.05) is 18.2 Å². The predicted octanol–water partition coefficient (Wildman–Crippen LogP) is 5.28. The van der Waals surface area contributed by atoms with Crippen molar-refractivity contribution in [2.45, 2.75) is 19.9 Å². The van der Waals surface area contributed by atoms with E-state index < -0.39 is 5.82 Å². The fourth-order valence-corrected chi connectivity index (χ4v) is 4.25. The number of hydrogen-bond acceptors (Lipinski definition) is 4. The highest BCUT2D eigenvalue weighted by Gasteiger charge is 2.18. The van der Waals surface area contributed by atoms with Gasteiger partial charge < -0.3 is 5.11 Å². The summed E-state index contributed by atoms with van der Waals surface area (Å²) >= 11 is 6.99. The normalized spacial score (nSPS) is 14.0. The van der Waals surface area contributed by atoms with Crippen LogP contribution in [0.2, 0.25) is 5.02 Å². The zero-order valence-electron chi connectivity index (χ0n) is 14.9. The second-order valence-electron chi connectivity index (χ2n) is 6.40. The molecule has 0 radical (unpaired) electrons. The summed E-state index contributed by atoms with van der Waals surface area (Å²) in [6, 6.07) is 9.96. The summed E-state index contributed by atoms with van der Waals surface area (Å²) in [4.78, 5) is 17.0. The lowest BCUT2D eigenvalue weighted by Crippen LogP contribution is -2.13. The van der Waals surface area contributed by atoms with Crippen molar-refractivity contribution in [1.29, 1.82) is 0 Å². The highest BCUT2D eigenvalue weighted by atomic mass is 35.5. The zero-order valence-corrected chi connectivity index (χ0v) is 16.5. The lowest BCUT2D eigenvalue weighted by molar-refractivity contribution is 0.420. The van der Waals surface area contributed by atoms with Crippen molar-refractivity contribution >= 4 is 46.5 Å². The molecule has 0 bridgehead atoms. The molecule has 1 aromatic heterocycles. The molecule has 1 aliphatic rings. The molecule has 0 saturated heterocycles. The predicted molar refractivity (Wildman–Crippen MR) is 113 cm³/mol. The minimum atomic E-state index is -0.452. The Morgan fingerprint density at radius 3 is 2.86 bits per heavy atom. The van der Waals surface area contributed by atoms with Gasteiger partial charge >= 0.3 is 4.87 Å². The number of allylic oxidation sites excluding steroid dienone is 1. The Balaban J connectivity index is 1.71. The van der Waals surface area contributed by atoms with Crippen LogP contribution in [0.4, 0.5) is 10.1 Å². The molecule has 0 unspecified atom stereocenters. The number of halogens is 2. The average Bonchev–Trinajstić information content (AvgIpc) is 3.20. The van der Waals surface area contributed by atoms with Gasteiger partial charge in [0.1, 0.15) is 5.82 Å². The third kappa shape index (κ3) is 3.30. The third-order valence-electron chi connectivity index (χ3n) is 4.67. The van der Waals surface area contributed by atoms with Crippen LogP contribution in [0.1, 0.15) is 28.5 Å². The highest BCUT2D eigenvalue weighted by molar-refractivity contribution is 7.10. The fraction of sp³-hybridized carbons (Fsp3) is 0.143. The zero-order chi connectivity index (χ0) is 19.8. The fourth-order valence-electron chi connectivity index (χ4n) is 3.19. The number of benzene rings is 2. The number of para-hydroxylation sites is 1. The van der Waals surface area contributed by atoms with Crippen molar-refractivity contribution in [3.63, 3.8) is 0 Å². The molecule has 0 aliphatic carbocycles. The van der Waals surface area contributed by atoms with E-state index in [0.29, 0.717) is 10.4 Å². The Morgan fingerprint density at radius 2 is 2.11 bits per heavy atom. The molecule has 0 amide bonds. The van der Waals surface area contributed by atoms with Gasteiger partial charge in [-0.05, 0) is 35.8 Å². The second-order valence-corrected chi connectivity index (χ2v) is 7.80. The molecule has 0 saturated carbocycles. The highest BCUT2D eigenvalue weighted by Crippen LogP contribution is 2.37. The number of aromatic nitrogens is 1. The van der Waals surface area contributed by atoms with Crippen molar-refractivity contribution < 1.29 is 9.50 Å². The quantitative estimate of drug-likeness (QED) is 0.631. The molecular formula is C21H16ClFN2O2S. The van der Waals surface area contributed by atoms with Gasteiger partial charge in [-0.1, -0.05) is 54.1 Å². The summed E-state index contributed by atoms with van der Waals surface area (Å²) in [6.45, 7) is 2.14. The number of aromatic hydroxyl groups is 1. The van der Waals surface area contributed by atoms with Gasteiger partial charge in [-0.2, -0.15) is 0 Å². The van der Waals surface area contributed by atoms with Crippen molar-refractivity contribution in [3.8, 4) is 5.88 Å². The van der Waals surface area contributed by atoms with E-state index in [-0.39, 0.29) is 22.3 Å². The largest absolute Gasteiger partial charge is 0.493 e. The van der Waals surface area contributed by atoms with Gasteiger partial charge in [-0.15, -0.1) is 0 Å². The lowest BCUT2D eigenvalue weighted by Gasteiger charge is -2.06. The van der Waals surface area contributed by atoms with Crippen LogP contribution >= 0.6 is 22.9 Å². The van der Waals surface area contributed by atoms with Crippen LogP contribution in [0.15, 0.2) is 46.2 Å². The van der Waals surface area contributed by atoms with Gasteiger partial charge in [0.15, 0.2) is 0 Å². The van der Waals surface area contributed by atoms with E-state index in [1.165, 1.54) is 22.8 Å². The SMILES string of the molecule is CCc1cccc2c1N=C/C2=C\c1sc(=O)n(Cc2ccc(F)cc2Cl)c1O. The first kappa shape index (κ1) is 18.7. The molecule has 7 heteroatoms. The van der Waals surface area contributed by atoms with E-state index in [2.05, 4.69) is 11.9 Å². The first-order valence-electron chi connectivity index (χ1n) is 8.72. The van der Waals surface area contributed by atoms with Crippen LogP contribution < -0.4 is 4.87 Å². The first-order chi connectivity index (χ1) is 13.5. The van der Waals surface area contributed by atoms with Crippen LogP contribution in [-0.2, 0) is 13.0 Å². The monoisotopic (exact) mass is 414 g/mol. The molecule has 4 nitrogen and oxygen atoms in total. The number of fused-ring (bicyclic) bond motifs is 1. The van der Waals surface area contributed by atoms with Gasteiger partial charge in [0.2, 0.25) is 5.88 Å². The smallest absolute Gasteiger partial charge is 0.310 e. The van der Waals surface area contributed by atoms with Crippen LogP contribution in [0.25, 0.3) is 11.6 Å². The van der Waals surface area contributed by atoms with Gasteiger partial charge in [-0.25, -0.2) is 4.39 Å². The Morgan fingerprint density at radius 1 is 1.29 bits per heavy atom. The molecular weight excluding hydrogens is 399 g/mol. The maximum absolute atomic E-state index is 13.2. The van der Waals surface area contributed by atoms with Crippen molar-refractivity contribution in [2.24, 2.45) is 4.99 Å². The van der Waals surface area contributed by atoms with E-state index in [1.54, 1.807) is 12.3 Å². The molecule has 0 fully saturated rings. The lowest BCUT2D eigenvalue weighted by atomic mass is 10.0. The van der Waals surface area contributed by atoms with E-state index >= 15 is 0 Å². The summed E-state index contributed by atoms with van der Waals surface area (Å²) in [5.41, 5.74) is 4.46. The minimum absolute atomic E-state index is 0.0636. The maximum atomic E-state index is 13.2. The van der Waals surface area contributed by atoms with E-state index in [0.717, 1.165) is 40.1 Å². The van der Waals surface area contributed by atoms with Gasteiger partial charge in [0.25, 0.3) is 0 Å². The maximum Gasteiger partial charge on any atom is 0.310 e. The van der Waals surface area contributed by atoms with Crippen LogP contribution in [-0.4, -0.2) is 15.9 Å². The van der Waals surface area contributed by atoms with Crippen molar-refractivity contribution in [1.82, 2.24) is 4.57 Å². The number of aliphatic imine (C=N–C) groups is 1. The molecule has 0 spiro atoms.